The molecular weight excluding hydrogens is 650 g/mol. The number of nitrogens with zero attached hydrogens (tertiary/aromatic N) is 1. The Balaban J connectivity index is 1.58. The van der Waals surface area contributed by atoms with Crippen molar-refractivity contribution in [1.29, 1.82) is 0 Å². The zero-order valence-electron chi connectivity index (χ0n) is 35.5. The number of phenols is 2. The monoisotopic (exact) mass is 722 g/mol. The van der Waals surface area contributed by atoms with Gasteiger partial charge in [-0.25, -0.2) is 0 Å². The molecule has 7 heteroatoms. The summed E-state index contributed by atoms with van der Waals surface area (Å²) in [6.07, 6.45) is 2.65. The fraction of sp³-hybridized carbons (Fsp3) is 0.667. The molecule has 0 aromatic heterocycles. The van der Waals surface area contributed by atoms with E-state index in [1.165, 1.54) is 0 Å². The number of piperidine rings is 1. The second-order valence-electron chi connectivity index (χ2n) is 20.5. The molecule has 0 atom stereocenters. The second kappa shape index (κ2) is 15.4. The topological polar surface area (TPSA) is 88.5 Å². The molecule has 0 bridgehead atoms. The van der Waals surface area contributed by atoms with E-state index in [0.29, 0.717) is 43.3 Å². The number of rotatable bonds is 11. The molecule has 0 unspecified atom stereocenters. The van der Waals surface area contributed by atoms with Gasteiger partial charge in [0.15, 0.2) is 0 Å². The Morgan fingerprint density at radius 1 is 0.731 bits per heavy atom. The van der Waals surface area contributed by atoms with Gasteiger partial charge in [0.1, 0.15) is 30.0 Å². The average Bonchev–Trinajstić information content (AvgIpc) is 2.94. The summed E-state index contributed by atoms with van der Waals surface area (Å²) < 4.78 is 5.79. The minimum absolute atomic E-state index is 0.142. The van der Waals surface area contributed by atoms with Crippen LogP contribution in [0.25, 0.3) is 0 Å². The van der Waals surface area contributed by atoms with E-state index in [0.717, 1.165) is 46.2 Å². The van der Waals surface area contributed by atoms with Crippen molar-refractivity contribution in [3.63, 3.8) is 0 Å². The molecule has 0 radical (unpaired) electrons. The van der Waals surface area contributed by atoms with E-state index >= 15 is 0 Å². The number of esters is 1. The highest BCUT2D eigenvalue weighted by molar-refractivity contribution is 5.69. The molecule has 0 spiro atoms. The minimum atomic E-state index is -0.234. The molecule has 0 aliphatic carbocycles. The van der Waals surface area contributed by atoms with Crippen LogP contribution in [0.3, 0.4) is 0 Å². The summed E-state index contributed by atoms with van der Waals surface area (Å²) in [6, 6.07) is 8.17. The van der Waals surface area contributed by atoms with Crippen molar-refractivity contribution in [1.82, 2.24) is 4.90 Å². The summed E-state index contributed by atoms with van der Waals surface area (Å²) >= 11 is 0. The number of carbonyl (C=O) groups is 1. The second-order valence-corrected chi connectivity index (χ2v) is 20.5. The van der Waals surface area contributed by atoms with Crippen LogP contribution in [0, 0.1) is 0 Å². The highest BCUT2D eigenvalue weighted by atomic mass is 17.2. The third kappa shape index (κ3) is 11.0. The van der Waals surface area contributed by atoms with Crippen LogP contribution in [-0.2, 0) is 53.8 Å². The fourth-order valence-electron chi connectivity index (χ4n) is 7.78. The molecule has 1 saturated heterocycles. The van der Waals surface area contributed by atoms with Crippen molar-refractivity contribution in [3.05, 3.63) is 70.0 Å². The van der Waals surface area contributed by atoms with E-state index < -0.39 is 0 Å². The van der Waals surface area contributed by atoms with Crippen molar-refractivity contribution in [2.75, 3.05) is 13.2 Å². The fourth-order valence-corrected chi connectivity index (χ4v) is 7.78. The molecule has 0 amide bonds. The zero-order chi connectivity index (χ0) is 39.8. The zero-order valence-corrected chi connectivity index (χ0v) is 35.5. The summed E-state index contributed by atoms with van der Waals surface area (Å²) in [4.78, 5) is 27.3. The Labute approximate surface area is 316 Å². The first-order chi connectivity index (χ1) is 23.4. The Morgan fingerprint density at radius 3 is 1.50 bits per heavy atom. The first kappa shape index (κ1) is 43.4. The maximum atomic E-state index is 12.9. The third-order valence-corrected chi connectivity index (χ3v) is 10.4. The molecule has 1 heterocycles. The molecule has 7 nitrogen and oxygen atoms in total. The van der Waals surface area contributed by atoms with Gasteiger partial charge in [-0.05, 0) is 102 Å². The molecule has 1 fully saturated rings. The molecule has 2 aromatic rings. The van der Waals surface area contributed by atoms with E-state index in [1.54, 1.807) is 0 Å². The number of hydrogen-bond acceptors (Lipinski definition) is 7. The predicted molar refractivity (Wildman–Crippen MR) is 213 cm³/mol. The Kier molecular flexibility index (Phi) is 12.8. The van der Waals surface area contributed by atoms with Gasteiger partial charge in [-0.2, -0.15) is 4.89 Å². The van der Waals surface area contributed by atoms with Gasteiger partial charge >= 0.3 is 5.97 Å². The number of likely N-dealkylation sites (tertiary alicyclic amines) is 1. The largest absolute Gasteiger partial charge is 0.507 e. The van der Waals surface area contributed by atoms with Gasteiger partial charge in [0.25, 0.3) is 0 Å². The summed E-state index contributed by atoms with van der Waals surface area (Å²) in [5, 5.41) is 22.2. The molecule has 0 saturated carbocycles. The maximum Gasteiger partial charge on any atom is 0.306 e. The van der Waals surface area contributed by atoms with Crippen molar-refractivity contribution in [2.24, 2.45) is 0 Å². The number of aromatic hydroxyl groups is 2. The summed E-state index contributed by atoms with van der Waals surface area (Å²) in [7, 11) is 0. The molecule has 1 aliphatic rings. The Bertz CT molecular complexity index is 1500. The normalized spacial score (nSPS) is 17.2. The number of ether oxygens (including phenoxy) is 1. The van der Waals surface area contributed by atoms with Gasteiger partial charge in [0, 0.05) is 30.5 Å². The smallest absolute Gasteiger partial charge is 0.306 e. The van der Waals surface area contributed by atoms with Crippen LogP contribution < -0.4 is 0 Å². The van der Waals surface area contributed by atoms with Gasteiger partial charge < -0.3 is 19.8 Å². The van der Waals surface area contributed by atoms with Crippen molar-refractivity contribution >= 4 is 5.97 Å². The van der Waals surface area contributed by atoms with E-state index in [1.807, 2.05) is 12.1 Å². The highest BCUT2D eigenvalue weighted by Gasteiger charge is 2.46. The molecular formula is C45H71NO6. The van der Waals surface area contributed by atoms with Crippen molar-refractivity contribution in [3.8, 4) is 11.5 Å². The molecule has 2 aromatic carbocycles. The number of benzene rings is 2. The summed E-state index contributed by atoms with van der Waals surface area (Å²) in [6.45, 7) is 39.1. The average molecular weight is 722 g/mol. The lowest BCUT2D eigenvalue weighted by molar-refractivity contribution is -0.315. The van der Waals surface area contributed by atoms with E-state index in [2.05, 4.69) is 134 Å². The van der Waals surface area contributed by atoms with Gasteiger partial charge in [-0.15, -0.1) is 0 Å². The van der Waals surface area contributed by atoms with Crippen molar-refractivity contribution in [2.45, 2.75) is 182 Å². The van der Waals surface area contributed by atoms with E-state index in [9.17, 15) is 15.0 Å². The van der Waals surface area contributed by atoms with E-state index in [-0.39, 0.29) is 51.2 Å². The lowest BCUT2D eigenvalue weighted by atomic mass is 9.78. The number of phenolic OH excluding ortho intramolecular Hbond substituents is 2. The molecule has 52 heavy (non-hydrogen) atoms. The lowest BCUT2D eigenvalue weighted by Crippen LogP contribution is -2.62. The number of carbonyl (C=O) groups excluding carboxylic acids is 1. The van der Waals surface area contributed by atoms with Crippen LogP contribution in [-0.4, -0.2) is 51.4 Å². The first-order valence-corrected chi connectivity index (χ1v) is 19.1. The summed E-state index contributed by atoms with van der Waals surface area (Å²) in [5.41, 5.74) is 4.33. The summed E-state index contributed by atoms with van der Waals surface area (Å²) in [5.74, 6) is 1.00. The minimum Gasteiger partial charge on any atom is -0.507 e. The van der Waals surface area contributed by atoms with Crippen LogP contribution in [0.4, 0.5) is 0 Å². The Hall–Kier alpha value is -3.03. The van der Waals surface area contributed by atoms with Crippen LogP contribution in [0.15, 0.2) is 36.6 Å². The molecule has 292 valence electrons. The third-order valence-electron chi connectivity index (χ3n) is 10.4. The maximum absolute atomic E-state index is 12.9. The molecule has 2 N–H and O–H groups in total. The van der Waals surface area contributed by atoms with Crippen LogP contribution >= 0.6 is 0 Å². The first-order valence-electron chi connectivity index (χ1n) is 19.1. The number of allylic oxidation sites excluding steroid dienone is 1. The predicted octanol–water partition coefficient (Wildman–Crippen LogP) is 10.5. The van der Waals surface area contributed by atoms with Crippen LogP contribution in [0.1, 0.15) is 163 Å². The number of hydrogen-bond donors (Lipinski definition) is 2. The van der Waals surface area contributed by atoms with Gasteiger partial charge in [-0.3, -0.25) is 9.69 Å². The van der Waals surface area contributed by atoms with Gasteiger partial charge in [0.05, 0.1) is 0 Å². The van der Waals surface area contributed by atoms with Gasteiger partial charge in [-0.1, -0.05) is 114 Å². The SMILES string of the molecule is C=C(Cc1cc(C(C)(C)C)c(O)c(C(C)(C)C)c1)OOC1CC(C)(C)N(CCOC(=O)CCc2cc(C(C)(C)C)c(O)c(C(C)(C)C)c2)C(C)(C)C1. The van der Waals surface area contributed by atoms with Crippen LogP contribution in [0.5, 0.6) is 11.5 Å². The standard InChI is InChI=1S/C45H71NO6/c1-29(22-31-25-35(42(8,9)10)39(49)36(26-31)43(11,12)13)51-52-32-27-44(14,15)46(45(16,17)28-32)20-21-50-37(47)19-18-30-23-33(40(2,3)4)38(48)34(24-30)41(5,6)7/h23-26,32,48-49H,1,18-22,27-28H2,2-17H3. The lowest BCUT2D eigenvalue weighted by Gasteiger charge is -2.54. The van der Waals surface area contributed by atoms with E-state index in [4.69, 9.17) is 14.5 Å². The molecule has 1 aliphatic heterocycles. The Morgan fingerprint density at radius 2 is 1.12 bits per heavy atom. The quantitative estimate of drug-likeness (QED) is 0.103. The van der Waals surface area contributed by atoms with Crippen LogP contribution in [0.2, 0.25) is 0 Å². The highest BCUT2D eigenvalue weighted by Crippen LogP contribution is 2.43. The number of aryl methyl sites for hydroxylation is 1. The molecule has 3 rings (SSSR count). The van der Waals surface area contributed by atoms with Crippen molar-refractivity contribution < 1.29 is 29.5 Å². The van der Waals surface area contributed by atoms with Gasteiger partial charge in [0.2, 0.25) is 0 Å².